The van der Waals surface area contributed by atoms with Gasteiger partial charge < -0.3 is 9.84 Å². The van der Waals surface area contributed by atoms with Gasteiger partial charge in [0.2, 0.25) is 0 Å². The number of fused-ring (bicyclic) bond motifs is 1. The number of nitrogens with zero attached hydrogens (tertiary/aromatic N) is 1. The van der Waals surface area contributed by atoms with E-state index in [1.165, 1.54) is 5.56 Å². The molecule has 4 nitrogen and oxygen atoms in total. The van der Waals surface area contributed by atoms with Gasteiger partial charge in [-0.15, -0.1) is 0 Å². The van der Waals surface area contributed by atoms with Gasteiger partial charge in [-0.25, -0.2) is 0 Å². The predicted octanol–water partition coefficient (Wildman–Crippen LogP) is 5.67. The van der Waals surface area contributed by atoms with Crippen LogP contribution in [-0.2, 0) is 0 Å². The maximum Gasteiger partial charge on any atom is 0.255 e. The molecule has 3 aromatic carbocycles. The minimum Gasteiger partial charge on any atom is -0.355 e. The van der Waals surface area contributed by atoms with E-state index in [1.54, 1.807) is 6.07 Å². The molecule has 0 bridgehead atoms. The number of benzene rings is 3. The Kier molecular flexibility index (Phi) is 4.24. The van der Waals surface area contributed by atoms with Crippen LogP contribution >= 0.6 is 0 Å². The number of amides is 1. The van der Waals surface area contributed by atoms with Crippen molar-refractivity contribution in [2.24, 2.45) is 0 Å². The minimum absolute atomic E-state index is 0.151. The highest BCUT2D eigenvalue weighted by molar-refractivity contribution is 6.07. The van der Waals surface area contributed by atoms with E-state index in [1.807, 2.05) is 75.4 Å². The molecule has 0 spiro atoms. The molecule has 4 aromatic rings. The Balaban J connectivity index is 1.70. The number of rotatable bonds is 3. The Morgan fingerprint density at radius 2 is 1.63 bits per heavy atom. The normalized spacial score (nSPS) is 10.9. The number of carbonyl (C=O) groups excluding carboxylic acids is 1. The summed E-state index contributed by atoms with van der Waals surface area (Å²) in [6, 6.07) is 19.5. The standard InChI is InChI=1S/C23H20N2O2/c1-14-5-8-17(9-6-14)22-19-13-18(10-11-20(19)25-27-22)23(26)24-21-12-15(2)4-7-16(21)3/h4-13H,1-3H3,(H,24,26). The van der Waals surface area contributed by atoms with E-state index >= 15 is 0 Å². The van der Waals surface area contributed by atoms with Crippen molar-refractivity contribution in [2.45, 2.75) is 20.8 Å². The van der Waals surface area contributed by atoms with Crippen molar-refractivity contribution in [2.75, 3.05) is 5.32 Å². The minimum atomic E-state index is -0.151. The van der Waals surface area contributed by atoms with Gasteiger partial charge in [-0.1, -0.05) is 47.1 Å². The quantitative estimate of drug-likeness (QED) is 0.514. The first-order chi connectivity index (χ1) is 13.0. The predicted molar refractivity (Wildman–Crippen MR) is 108 cm³/mol. The summed E-state index contributed by atoms with van der Waals surface area (Å²) in [7, 11) is 0. The highest BCUT2D eigenvalue weighted by atomic mass is 16.5. The van der Waals surface area contributed by atoms with Gasteiger partial charge >= 0.3 is 0 Å². The highest BCUT2D eigenvalue weighted by Gasteiger charge is 2.14. The highest BCUT2D eigenvalue weighted by Crippen LogP contribution is 2.30. The van der Waals surface area contributed by atoms with E-state index in [-0.39, 0.29) is 5.91 Å². The number of nitrogens with one attached hydrogen (secondary N) is 1. The second-order valence-electron chi connectivity index (χ2n) is 6.88. The van der Waals surface area contributed by atoms with Crippen molar-refractivity contribution < 1.29 is 9.32 Å². The van der Waals surface area contributed by atoms with E-state index < -0.39 is 0 Å². The molecule has 1 aromatic heterocycles. The van der Waals surface area contributed by atoms with Crippen LogP contribution < -0.4 is 5.32 Å². The Hall–Kier alpha value is -3.40. The number of aromatic nitrogens is 1. The zero-order chi connectivity index (χ0) is 19.0. The Morgan fingerprint density at radius 3 is 2.41 bits per heavy atom. The molecule has 0 saturated heterocycles. The van der Waals surface area contributed by atoms with Crippen LogP contribution in [0.2, 0.25) is 0 Å². The summed E-state index contributed by atoms with van der Waals surface area (Å²) in [5.74, 6) is 0.521. The number of hydrogen-bond acceptors (Lipinski definition) is 3. The summed E-state index contributed by atoms with van der Waals surface area (Å²) >= 11 is 0. The molecule has 134 valence electrons. The third-order valence-corrected chi connectivity index (χ3v) is 4.69. The molecule has 0 saturated carbocycles. The zero-order valence-corrected chi connectivity index (χ0v) is 15.5. The third kappa shape index (κ3) is 3.34. The molecule has 27 heavy (non-hydrogen) atoms. The van der Waals surface area contributed by atoms with Crippen molar-refractivity contribution in [3.63, 3.8) is 0 Å². The fourth-order valence-electron chi connectivity index (χ4n) is 3.06. The van der Waals surface area contributed by atoms with Crippen molar-refractivity contribution in [3.8, 4) is 11.3 Å². The number of hydrogen-bond donors (Lipinski definition) is 1. The van der Waals surface area contributed by atoms with Crippen LogP contribution in [0.15, 0.2) is 65.2 Å². The average Bonchev–Trinajstić information content (AvgIpc) is 3.08. The average molecular weight is 356 g/mol. The van der Waals surface area contributed by atoms with E-state index in [0.717, 1.165) is 33.3 Å². The van der Waals surface area contributed by atoms with Crippen LogP contribution in [0.25, 0.3) is 22.2 Å². The van der Waals surface area contributed by atoms with Crippen molar-refractivity contribution in [1.29, 1.82) is 0 Å². The summed E-state index contributed by atoms with van der Waals surface area (Å²) in [5.41, 5.74) is 6.37. The molecule has 0 unspecified atom stereocenters. The summed E-state index contributed by atoms with van der Waals surface area (Å²) in [5, 5.41) is 7.95. The van der Waals surface area contributed by atoms with Gasteiger partial charge in [-0.2, -0.15) is 0 Å². The summed E-state index contributed by atoms with van der Waals surface area (Å²) < 4.78 is 5.55. The Bertz CT molecular complexity index is 1140. The first-order valence-corrected chi connectivity index (χ1v) is 8.86. The summed E-state index contributed by atoms with van der Waals surface area (Å²) in [4.78, 5) is 12.8. The fraction of sp³-hybridized carbons (Fsp3) is 0.130. The maximum absolute atomic E-state index is 12.8. The van der Waals surface area contributed by atoms with Crippen LogP contribution in [0.5, 0.6) is 0 Å². The summed E-state index contributed by atoms with van der Waals surface area (Å²) in [6.45, 7) is 6.03. The van der Waals surface area contributed by atoms with Gasteiger partial charge in [0.25, 0.3) is 5.91 Å². The Labute approximate surface area is 157 Å². The Morgan fingerprint density at radius 1 is 0.889 bits per heavy atom. The van der Waals surface area contributed by atoms with E-state index in [0.29, 0.717) is 11.3 Å². The molecule has 0 aliphatic rings. The van der Waals surface area contributed by atoms with E-state index in [2.05, 4.69) is 10.5 Å². The van der Waals surface area contributed by atoms with Crippen molar-refractivity contribution in [3.05, 3.63) is 82.9 Å². The first kappa shape index (κ1) is 17.0. The fourth-order valence-corrected chi connectivity index (χ4v) is 3.06. The molecule has 0 radical (unpaired) electrons. The molecule has 1 heterocycles. The summed E-state index contributed by atoms with van der Waals surface area (Å²) in [6.07, 6.45) is 0. The lowest BCUT2D eigenvalue weighted by Gasteiger charge is -2.09. The first-order valence-electron chi connectivity index (χ1n) is 8.86. The van der Waals surface area contributed by atoms with Crippen molar-refractivity contribution in [1.82, 2.24) is 5.16 Å². The topological polar surface area (TPSA) is 55.1 Å². The van der Waals surface area contributed by atoms with Crippen molar-refractivity contribution >= 4 is 22.5 Å². The van der Waals surface area contributed by atoms with E-state index in [4.69, 9.17) is 4.52 Å². The smallest absolute Gasteiger partial charge is 0.255 e. The molecule has 1 N–H and O–H groups in total. The van der Waals surface area contributed by atoms with Gasteiger partial charge in [-0.3, -0.25) is 4.79 Å². The van der Waals surface area contributed by atoms with Crippen LogP contribution in [0.1, 0.15) is 27.0 Å². The molecule has 0 fully saturated rings. The van der Waals surface area contributed by atoms with Gasteiger partial charge in [0.05, 0.1) is 5.39 Å². The lowest BCUT2D eigenvalue weighted by molar-refractivity contribution is 0.102. The zero-order valence-electron chi connectivity index (χ0n) is 15.5. The number of carbonyl (C=O) groups is 1. The number of anilines is 1. The second kappa shape index (κ2) is 6.72. The molecule has 1 amide bonds. The molecule has 0 aliphatic heterocycles. The van der Waals surface area contributed by atoms with Gasteiger partial charge in [0.15, 0.2) is 5.76 Å². The van der Waals surface area contributed by atoms with Crippen LogP contribution in [0, 0.1) is 20.8 Å². The van der Waals surface area contributed by atoms with Crippen LogP contribution in [0.4, 0.5) is 5.69 Å². The molecule has 0 aliphatic carbocycles. The second-order valence-corrected chi connectivity index (χ2v) is 6.88. The monoisotopic (exact) mass is 356 g/mol. The van der Waals surface area contributed by atoms with Gasteiger partial charge in [-0.05, 0) is 56.2 Å². The number of aryl methyl sites for hydroxylation is 3. The molecular formula is C23H20N2O2. The van der Waals surface area contributed by atoms with Crippen LogP contribution in [0.3, 0.4) is 0 Å². The maximum atomic E-state index is 12.8. The lowest BCUT2D eigenvalue weighted by Crippen LogP contribution is -2.12. The largest absolute Gasteiger partial charge is 0.355 e. The molecule has 4 heteroatoms. The van der Waals surface area contributed by atoms with Crippen LogP contribution in [-0.4, -0.2) is 11.1 Å². The van der Waals surface area contributed by atoms with Gasteiger partial charge in [0.1, 0.15) is 5.52 Å². The molecule has 0 atom stereocenters. The SMILES string of the molecule is Cc1ccc(-c2onc3ccc(C(=O)Nc4cc(C)ccc4C)cc23)cc1. The molecule has 4 rings (SSSR count). The lowest BCUT2D eigenvalue weighted by atomic mass is 10.0. The van der Waals surface area contributed by atoms with Gasteiger partial charge in [0, 0.05) is 16.8 Å². The van der Waals surface area contributed by atoms with E-state index in [9.17, 15) is 4.79 Å². The molecular weight excluding hydrogens is 336 g/mol. The third-order valence-electron chi connectivity index (χ3n) is 4.69.